The molecule has 2 aliphatic rings. The summed E-state index contributed by atoms with van der Waals surface area (Å²) in [5.41, 5.74) is 2.02. The molecule has 1 N–H and O–H groups in total. The molecule has 96 valence electrons. The number of ether oxygens (including phenoxy) is 1. The van der Waals surface area contributed by atoms with Crippen LogP contribution in [0.3, 0.4) is 0 Å². The van der Waals surface area contributed by atoms with Crippen molar-refractivity contribution < 1.29 is 9.53 Å². The quantitative estimate of drug-likeness (QED) is 0.782. The first kappa shape index (κ1) is 11.3. The maximum absolute atomic E-state index is 11.5. The van der Waals surface area contributed by atoms with E-state index >= 15 is 0 Å². The molecule has 2 heterocycles. The maximum Gasteiger partial charge on any atom is 0.264 e. The third-order valence-corrected chi connectivity index (χ3v) is 3.51. The molecule has 1 saturated heterocycles. The molecular formula is C13H17N3O2. The number of rotatable bonds is 1. The van der Waals surface area contributed by atoms with E-state index in [0.717, 1.165) is 43.3 Å². The molecule has 5 heteroatoms. The van der Waals surface area contributed by atoms with Crippen LogP contribution in [0.25, 0.3) is 0 Å². The lowest BCUT2D eigenvalue weighted by atomic mass is 10.2. The van der Waals surface area contributed by atoms with Gasteiger partial charge in [0.05, 0.1) is 5.69 Å². The number of likely N-dealkylation sites (N-methyl/N-ethyl adjacent to an activating group) is 1. The average molecular weight is 247 g/mol. The normalized spacial score (nSPS) is 19.5. The van der Waals surface area contributed by atoms with Gasteiger partial charge < -0.3 is 19.9 Å². The summed E-state index contributed by atoms with van der Waals surface area (Å²) in [6.45, 7) is 4.17. The Labute approximate surface area is 106 Å². The summed E-state index contributed by atoms with van der Waals surface area (Å²) in [7, 11) is 1.79. The number of fused-ring (bicyclic) bond motifs is 1. The molecule has 0 aromatic heterocycles. The second kappa shape index (κ2) is 4.49. The summed E-state index contributed by atoms with van der Waals surface area (Å²) in [5.74, 6) is 0.797. The Bertz CT molecular complexity index is 469. The standard InChI is InChI=1S/C13H17N3O2/c1-15-11-3-2-10(16-6-4-14-5-7-16)8-12(11)18-9-13(15)17/h2-3,8,14H,4-7,9H2,1H3. The van der Waals surface area contributed by atoms with Gasteiger partial charge in [-0.05, 0) is 12.1 Å². The third kappa shape index (κ3) is 1.90. The number of piperazine rings is 1. The Morgan fingerprint density at radius 3 is 2.83 bits per heavy atom. The van der Waals surface area contributed by atoms with Crippen LogP contribution in [0.5, 0.6) is 5.75 Å². The number of carbonyl (C=O) groups is 1. The topological polar surface area (TPSA) is 44.8 Å². The minimum atomic E-state index is -0.00239. The van der Waals surface area contributed by atoms with Crippen molar-refractivity contribution in [3.05, 3.63) is 18.2 Å². The summed E-state index contributed by atoms with van der Waals surface area (Å²) in [4.78, 5) is 15.5. The molecule has 0 bridgehead atoms. The highest BCUT2D eigenvalue weighted by Gasteiger charge is 2.23. The zero-order valence-corrected chi connectivity index (χ0v) is 10.5. The van der Waals surface area contributed by atoms with Crippen molar-refractivity contribution in [2.75, 3.05) is 49.6 Å². The molecule has 0 atom stereocenters. The van der Waals surface area contributed by atoms with E-state index in [0.29, 0.717) is 0 Å². The van der Waals surface area contributed by atoms with Gasteiger partial charge in [-0.2, -0.15) is 0 Å². The van der Waals surface area contributed by atoms with Crippen molar-refractivity contribution in [3.63, 3.8) is 0 Å². The SMILES string of the molecule is CN1C(=O)COc2cc(N3CCNCC3)ccc21. The van der Waals surface area contributed by atoms with Crippen LogP contribution in [-0.4, -0.2) is 45.7 Å². The van der Waals surface area contributed by atoms with Gasteiger partial charge in [0.25, 0.3) is 5.91 Å². The largest absolute Gasteiger partial charge is 0.481 e. The highest BCUT2D eigenvalue weighted by Crippen LogP contribution is 2.34. The Morgan fingerprint density at radius 1 is 1.28 bits per heavy atom. The Balaban J connectivity index is 1.89. The van der Waals surface area contributed by atoms with Crippen LogP contribution in [0.4, 0.5) is 11.4 Å². The molecule has 1 amide bonds. The number of benzene rings is 1. The number of amides is 1. The zero-order valence-electron chi connectivity index (χ0n) is 10.5. The van der Waals surface area contributed by atoms with Gasteiger partial charge in [-0.3, -0.25) is 4.79 Å². The molecule has 0 saturated carbocycles. The molecule has 3 rings (SSSR count). The summed E-state index contributed by atoms with van der Waals surface area (Å²) in [5, 5.41) is 3.33. The average Bonchev–Trinajstić information content (AvgIpc) is 2.44. The molecule has 0 unspecified atom stereocenters. The van der Waals surface area contributed by atoms with E-state index < -0.39 is 0 Å². The van der Waals surface area contributed by atoms with Gasteiger partial charge in [0.2, 0.25) is 0 Å². The number of nitrogens with zero attached hydrogens (tertiary/aromatic N) is 2. The molecule has 0 radical (unpaired) electrons. The summed E-state index contributed by atoms with van der Waals surface area (Å²) < 4.78 is 5.50. The predicted octanol–water partition coefficient (Wildman–Crippen LogP) is 0.451. The number of nitrogens with one attached hydrogen (secondary N) is 1. The second-order valence-corrected chi connectivity index (χ2v) is 4.63. The summed E-state index contributed by atoms with van der Waals surface area (Å²) in [6, 6.07) is 6.05. The van der Waals surface area contributed by atoms with Crippen LogP contribution >= 0.6 is 0 Å². The fraction of sp³-hybridized carbons (Fsp3) is 0.462. The summed E-state index contributed by atoms with van der Waals surface area (Å²) in [6.07, 6.45) is 0. The van der Waals surface area contributed by atoms with Gasteiger partial charge >= 0.3 is 0 Å². The van der Waals surface area contributed by atoms with E-state index in [-0.39, 0.29) is 12.5 Å². The van der Waals surface area contributed by atoms with E-state index in [1.54, 1.807) is 11.9 Å². The van der Waals surface area contributed by atoms with Crippen LogP contribution in [0.2, 0.25) is 0 Å². The van der Waals surface area contributed by atoms with E-state index in [1.807, 2.05) is 12.1 Å². The Morgan fingerprint density at radius 2 is 2.06 bits per heavy atom. The molecule has 2 aliphatic heterocycles. The van der Waals surface area contributed by atoms with Gasteiger partial charge in [0, 0.05) is 45.0 Å². The van der Waals surface area contributed by atoms with Crippen LogP contribution in [0, 0.1) is 0 Å². The first-order valence-corrected chi connectivity index (χ1v) is 6.25. The number of carbonyl (C=O) groups excluding carboxylic acids is 1. The van der Waals surface area contributed by atoms with Crippen LogP contribution in [-0.2, 0) is 4.79 Å². The van der Waals surface area contributed by atoms with Crippen molar-refractivity contribution in [2.45, 2.75) is 0 Å². The highest BCUT2D eigenvalue weighted by atomic mass is 16.5. The first-order valence-electron chi connectivity index (χ1n) is 6.25. The van der Waals surface area contributed by atoms with Crippen molar-refractivity contribution in [2.24, 2.45) is 0 Å². The van der Waals surface area contributed by atoms with Crippen LogP contribution in [0.1, 0.15) is 0 Å². The number of hydrogen-bond donors (Lipinski definition) is 1. The molecule has 1 aromatic carbocycles. The molecule has 0 aliphatic carbocycles. The van der Waals surface area contributed by atoms with Gasteiger partial charge in [-0.25, -0.2) is 0 Å². The summed E-state index contributed by atoms with van der Waals surface area (Å²) >= 11 is 0. The fourth-order valence-corrected chi connectivity index (χ4v) is 2.39. The predicted molar refractivity (Wildman–Crippen MR) is 70.4 cm³/mol. The number of anilines is 2. The molecule has 1 aromatic rings. The van der Waals surface area contributed by atoms with E-state index in [2.05, 4.69) is 16.3 Å². The van der Waals surface area contributed by atoms with Gasteiger partial charge in [0.15, 0.2) is 6.61 Å². The minimum absolute atomic E-state index is 0.00239. The molecule has 5 nitrogen and oxygen atoms in total. The van der Waals surface area contributed by atoms with Crippen LogP contribution in [0.15, 0.2) is 18.2 Å². The maximum atomic E-state index is 11.5. The van der Waals surface area contributed by atoms with E-state index in [9.17, 15) is 4.79 Å². The molecular weight excluding hydrogens is 230 g/mol. The van der Waals surface area contributed by atoms with E-state index in [4.69, 9.17) is 4.74 Å². The second-order valence-electron chi connectivity index (χ2n) is 4.63. The van der Waals surface area contributed by atoms with E-state index in [1.165, 1.54) is 0 Å². The first-order chi connectivity index (χ1) is 8.75. The van der Waals surface area contributed by atoms with Gasteiger partial charge in [-0.1, -0.05) is 0 Å². The lowest BCUT2D eigenvalue weighted by molar-refractivity contribution is -0.120. The minimum Gasteiger partial charge on any atom is -0.481 e. The van der Waals surface area contributed by atoms with Crippen molar-refractivity contribution in [3.8, 4) is 5.75 Å². The Kier molecular flexibility index (Phi) is 2.83. The smallest absolute Gasteiger partial charge is 0.264 e. The van der Waals surface area contributed by atoms with Crippen LogP contribution < -0.4 is 19.9 Å². The van der Waals surface area contributed by atoms with Crippen molar-refractivity contribution in [1.29, 1.82) is 0 Å². The Hall–Kier alpha value is -1.75. The monoisotopic (exact) mass is 247 g/mol. The number of hydrogen-bond acceptors (Lipinski definition) is 4. The molecule has 1 fully saturated rings. The lowest BCUT2D eigenvalue weighted by Gasteiger charge is -2.31. The fourth-order valence-electron chi connectivity index (χ4n) is 2.39. The molecule has 18 heavy (non-hydrogen) atoms. The zero-order chi connectivity index (χ0) is 12.5. The van der Waals surface area contributed by atoms with Crippen molar-refractivity contribution in [1.82, 2.24) is 5.32 Å². The van der Waals surface area contributed by atoms with Gasteiger partial charge in [0.1, 0.15) is 5.75 Å². The third-order valence-electron chi connectivity index (χ3n) is 3.51. The van der Waals surface area contributed by atoms with Crippen molar-refractivity contribution >= 4 is 17.3 Å². The highest BCUT2D eigenvalue weighted by molar-refractivity contribution is 5.97. The van der Waals surface area contributed by atoms with Gasteiger partial charge in [-0.15, -0.1) is 0 Å². The molecule has 0 spiro atoms. The lowest BCUT2D eigenvalue weighted by Crippen LogP contribution is -2.43.